The number of carbonyl (C=O) groups excluding carboxylic acids is 3. The molecule has 1 heterocycles. The minimum atomic E-state index is -0.498. The molecule has 0 aromatic heterocycles. The predicted octanol–water partition coefficient (Wildman–Crippen LogP) is 2.96. The normalized spacial score (nSPS) is 19.9. The molecule has 112 valence electrons. The summed E-state index contributed by atoms with van der Waals surface area (Å²) in [5, 5.41) is 0. The number of hydrogen-bond acceptors (Lipinski definition) is 3. The van der Waals surface area contributed by atoms with Gasteiger partial charge in [-0.25, -0.2) is 0 Å². The number of para-hydroxylation sites is 1. The van der Waals surface area contributed by atoms with Gasteiger partial charge < -0.3 is 0 Å². The summed E-state index contributed by atoms with van der Waals surface area (Å²) in [6.07, 6.45) is 1.99. The number of imide groups is 1. The van der Waals surface area contributed by atoms with Crippen LogP contribution in [0.15, 0.2) is 30.3 Å². The van der Waals surface area contributed by atoms with E-state index in [1.165, 1.54) is 4.90 Å². The molecule has 4 heteroatoms. The molecule has 2 atom stereocenters. The van der Waals surface area contributed by atoms with Crippen LogP contribution >= 0.6 is 0 Å². The summed E-state index contributed by atoms with van der Waals surface area (Å²) >= 11 is 0. The first-order chi connectivity index (χ1) is 10.1. The lowest BCUT2D eigenvalue weighted by atomic mass is 9.84. The van der Waals surface area contributed by atoms with Crippen LogP contribution in [0.4, 0.5) is 5.69 Å². The Morgan fingerprint density at radius 2 is 1.90 bits per heavy atom. The average Bonchev–Trinajstić information content (AvgIpc) is 2.76. The second kappa shape index (κ2) is 6.66. The van der Waals surface area contributed by atoms with Gasteiger partial charge in [0.2, 0.25) is 11.8 Å². The third-order valence-corrected chi connectivity index (χ3v) is 4.03. The van der Waals surface area contributed by atoms with Crippen molar-refractivity contribution >= 4 is 23.3 Å². The van der Waals surface area contributed by atoms with Crippen LogP contribution in [0, 0.1) is 11.8 Å². The van der Waals surface area contributed by atoms with Crippen LogP contribution in [0.2, 0.25) is 0 Å². The van der Waals surface area contributed by atoms with Gasteiger partial charge in [-0.05, 0) is 25.0 Å². The third-order valence-electron chi connectivity index (χ3n) is 4.03. The van der Waals surface area contributed by atoms with Crippen LogP contribution in [0.3, 0.4) is 0 Å². The highest BCUT2D eigenvalue weighted by atomic mass is 16.2. The van der Waals surface area contributed by atoms with Crippen molar-refractivity contribution < 1.29 is 14.4 Å². The molecule has 0 saturated carbocycles. The lowest BCUT2D eigenvalue weighted by Gasteiger charge is -2.20. The van der Waals surface area contributed by atoms with Gasteiger partial charge in [0.1, 0.15) is 5.78 Å². The first-order valence-corrected chi connectivity index (χ1v) is 7.54. The van der Waals surface area contributed by atoms with Gasteiger partial charge in [0.05, 0.1) is 11.6 Å². The topological polar surface area (TPSA) is 54.5 Å². The number of carbonyl (C=O) groups is 3. The molecule has 1 aliphatic rings. The molecule has 0 aliphatic carbocycles. The Hall–Kier alpha value is -1.97. The predicted molar refractivity (Wildman–Crippen MR) is 80.7 cm³/mol. The monoisotopic (exact) mass is 287 g/mol. The molecule has 1 aliphatic heterocycles. The third kappa shape index (κ3) is 3.04. The van der Waals surface area contributed by atoms with Crippen molar-refractivity contribution in [1.82, 2.24) is 0 Å². The Bertz CT molecular complexity index is 538. The SMILES string of the molecule is CCCC(=O)C(CC)C1CC(=O)N(c2ccccc2)C1=O. The van der Waals surface area contributed by atoms with Crippen molar-refractivity contribution in [3.8, 4) is 0 Å². The Morgan fingerprint density at radius 1 is 1.24 bits per heavy atom. The van der Waals surface area contributed by atoms with E-state index < -0.39 is 5.92 Å². The molecule has 1 fully saturated rings. The number of rotatable bonds is 6. The molecule has 4 nitrogen and oxygen atoms in total. The fraction of sp³-hybridized carbons (Fsp3) is 0.471. The fourth-order valence-corrected chi connectivity index (χ4v) is 2.99. The molecule has 2 rings (SSSR count). The van der Waals surface area contributed by atoms with Crippen LogP contribution in [-0.2, 0) is 14.4 Å². The van der Waals surface area contributed by atoms with Crippen LogP contribution in [0.5, 0.6) is 0 Å². The number of nitrogens with zero attached hydrogens (tertiary/aromatic N) is 1. The number of amides is 2. The summed E-state index contributed by atoms with van der Waals surface area (Å²) in [7, 11) is 0. The molecule has 0 spiro atoms. The Labute approximate surface area is 125 Å². The van der Waals surface area contributed by atoms with E-state index in [9.17, 15) is 14.4 Å². The van der Waals surface area contributed by atoms with Gasteiger partial charge in [0.15, 0.2) is 0 Å². The van der Waals surface area contributed by atoms with Gasteiger partial charge in [-0.1, -0.05) is 32.0 Å². The number of hydrogen-bond donors (Lipinski definition) is 0. The van der Waals surface area contributed by atoms with E-state index in [0.29, 0.717) is 18.5 Å². The number of benzene rings is 1. The van der Waals surface area contributed by atoms with E-state index in [-0.39, 0.29) is 29.9 Å². The van der Waals surface area contributed by atoms with Gasteiger partial charge in [-0.2, -0.15) is 0 Å². The molecule has 2 unspecified atom stereocenters. The first-order valence-electron chi connectivity index (χ1n) is 7.54. The molecule has 0 radical (unpaired) electrons. The Morgan fingerprint density at radius 3 is 2.48 bits per heavy atom. The largest absolute Gasteiger partial charge is 0.299 e. The summed E-state index contributed by atoms with van der Waals surface area (Å²) in [6, 6.07) is 8.91. The molecular formula is C17H21NO3. The second-order valence-electron chi connectivity index (χ2n) is 5.44. The Kier molecular flexibility index (Phi) is 4.89. The van der Waals surface area contributed by atoms with E-state index in [0.717, 1.165) is 6.42 Å². The number of ketones is 1. The summed E-state index contributed by atoms with van der Waals surface area (Å²) in [6.45, 7) is 3.85. The van der Waals surface area contributed by atoms with E-state index in [1.807, 2.05) is 19.9 Å². The van der Waals surface area contributed by atoms with Crippen molar-refractivity contribution in [3.63, 3.8) is 0 Å². The minimum Gasteiger partial charge on any atom is -0.299 e. The zero-order chi connectivity index (χ0) is 15.4. The number of anilines is 1. The lowest BCUT2D eigenvalue weighted by molar-refractivity contribution is -0.130. The maximum atomic E-state index is 12.6. The first kappa shape index (κ1) is 15.4. The van der Waals surface area contributed by atoms with Gasteiger partial charge in [-0.3, -0.25) is 19.3 Å². The second-order valence-corrected chi connectivity index (χ2v) is 5.44. The average molecular weight is 287 g/mol. The molecule has 1 saturated heterocycles. The molecule has 2 amide bonds. The number of Topliss-reactive ketones (excluding diaryl/α,β-unsaturated/α-hetero) is 1. The van der Waals surface area contributed by atoms with Crippen LogP contribution < -0.4 is 4.90 Å². The van der Waals surface area contributed by atoms with Gasteiger partial charge in [-0.15, -0.1) is 0 Å². The maximum Gasteiger partial charge on any atom is 0.238 e. The summed E-state index contributed by atoms with van der Waals surface area (Å²) in [4.78, 5) is 38.2. The Balaban J connectivity index is 2.23. The van der Waals surface area contributed by atoms with Crippen molar-refractivity contribution in [1.29, 1.82) is 0 Å². The van der Waals surface area contributed by atoms with E-state index in [1.54, 1.807) is 24.3 Å². The van der Waals surface area contributed by atoms with Gasteiger partial charge in [0, 0.05) is 18.8 Å². The fourth-order valence-electron chi connectivity index (χ4n) is 2.99. The zero-order valence-electron chi connectivity index (χ0n) is 12.5. The van der Waals surface area contributed by atoms with E-state index in [2.05, 4.69) is 0 Å². The van der Waals surface area contributed by atoms with Crippen LogP contribution in [0.1, 0.15) is 39.5 Å². The molecule has 0 bridgehead atoms. The van der Waals surface area contributed by atoms with Gasteiger partial charge >= 0.3 is 0 Å². The quantitative estimate of drug-likeness (QED) is 0.756. The molecule has 21 heavy (non-hydrogen) atoms. The van der Waals surface area contributed by atoms with Crippen LogP contribution in [-0.4, -0.2) is 17.6 Å². The van der Waals surface area contributed by atoms with E-state index >= 15 is 0 Å². The standard InChI is InChI=1S/C17H21NO3/c1-3-8-15(19)13(4-2)14-11-16(20)18(17(14)21)12-9-6-5-7-10-12/h5-7,9-10,13-14H,3-4,8,11H2,1-2H3. The van der Waals surface area contributed by atoms with E-state index in [4.69, 9.17) is 0 Å². The lowest BCUT2D eigenvalue weighted by Crippen LogP contribution is -2.34. The summed E-state index contributed by atoms with van der Waals surface area (Å²) in [5.74, 6) is -1.18. The van der Waals surface area contributed by atoms with Crippen molar-refractivity contribution in [2.45, 2.75) is 39.5 Å². The minimum absolute atomic E-state index is 0.0982. The van der Waals surface area contributed by atoms with Crippen molar-refractivity contribution in [3.05, 3.63) is 30.3 Å². The zero-order valence-corrected chi connectivity index (χ0v) is 12.5. The van der Waals surface area contributed by atoms with Crippen molar-refractivity contribution in [2.24, 2.45) is 11.8 Å². The highest BCUT2D eigenvalue weighted by molar-refractivity contribution is 6.21. The van der Waals surface area contributed by atoms with Crippen LogP contribution in [0.25, 0.3) is 0 Å². The highest BCUT2D eigenvalue weighted by Crippen LogP contribution is 2.33. The maximum absolute atomic E-state index is 12.6. The smallest absolute Gasteiger partial charge is 0.238 e. The highest BCUT2D eigenvalue weighted by Gasteiger charge is 2.44. The van der Waals surface area contributed by atoms with Gasteiger partial charge in [0.25, 0.3) is 0 Å². The molecule has 0 N–H and O–H groups in total. The molecular weight excluding hydrogens is 266 g/mol. The van der Waals surface area contributed by atoms with Crippen molar-refractivity contribution in [2.75, 3.05) is 4.90 Å². The summed E-state index contributed by atoms with van der Waals surface area (Å²) in [5.41, 5.74) is 0.591. The summed E-state index contributed by atoms with van der Waals surface area (Å²) < 4.78 is 0. The molecule has 1 aromatic rings. The molecule has 1 aromatic carbocycles.